The molecule has 1 amide bonds. The van der Waals surface area contributed by atoms with Gasteiger partial charge in [-0.2, -0.15) is 5.26 Å². The zero-order chi connectivity index (χ0) is 14.4. The van der Waals surface area contributed by atoms with Gasteiger partial charge in [-0.1, -0.05) is 6.92 Å². The molecule has 0 aliphatic carbocycles. The molecule has 0 radical (unpaired) electrons. The van der Waals surface area contributed by atoms with Crippen molar-refractivity contribution in [1.29, 1.82) is 5.26 Å². The second-order valence-corrected chi connectivity index (χ2v) is 5.08. The van der Waals surface area contributed by atoms with Gasteiger partial charge in [0.05, 0.1) is 18.2 Å². The molecule has 2 rings (SSSR count). The van der Waals surface area contributed by atoms with E-state index in [0.29, 0.717) is 12.1 Å². The third-order valence-corrected chi connectivity index (χ3v) is 3.64. The summed E-state index contributed by atoms with van der Waals surface area (Å²) in [6, 6.07) is 5.39. The molecule has 0 bridgehead atoms. The van der Waals surface area contributed by atoms with Gasteiger partial charge in [0.2, 0.25) is 5.91 Å². The molecular weight excluding hydrogens is 272 g/mol. The smallest absolute Gasteiger partial charge is 0.227 e. The third kappa shape index (κ3) is 3.62. The van der Waals surface area contributed by atoms with Crippen LogP contribution < -0.4 is 5.32 Å². The summed E-state index contributed by atoms with van der Waals surface area (Å²) in [4.78, 5) is 20.2. The molecule has 0 aliphatic heterocycles. The van der Waals surface area contributed by atoms with Crippen molar-refractivity contribution in [2.45, 2.75) is 25.8 Å². The zero-order valence-electron chi connectivity index (χ0n) is 11.0. The van der Waals surface area contributed by atoms with Crippen LogP contribution in [-0.2, 0) is 11.2 Å². The van der Waals surface area contributed by atoms with E-state index in [1.54, 1.807) is 12.4 Å². The molecule has 0 aromatic carbocycles. The summed E-state index contributed by atoms with van der Waals surface area (Å²) in [6.07, 6.45) is 4.24. The van der Waals surface area contributed by atoms with Gasteiger partial charge in [-0.3, -0.25) is 9.78 Å². The van der Waals surface area contributed by atoms with E-state index in [1.165, 1.54) is 11.3 Å². The van der Waals surface area contributed by atoms with Crippen molar-refractivity contribution in [3.05, 3.63) is 35.6 Å². The number of pyridine rings is 1. The van der Waals surface area contributed by atoms with Gasteiger partial charge in [-0.25, -0.2) is 4.98 Å². The van der Waals surface area contributed by atoms with E-state index < -0.39 is 6.04 Å². The molecular formula is C14H14N4OS. The minimum atomic E-state index is -0.432. The predicted octanol–water partition coefficient (Wildman–Crippen LogP) is 2.17. The van der Waals surface area contributed by atoms with Crippen molar-refractivity contribution >= 4 is 17.2 Å². The first kappa shape index (κ1) is 14.2. The Morgan fingerprint density at radius 3 is 3.10 bits per heavy atom. The lowest BCUT2D eigenvalue weighted by Crippen LogP contribution is -2.34. The fourth-order valence-electron chi connectivity index (χ4n) is 1.65. The number of carbonyl (C=O) groups excluding carboxylic acids is 1. The maximum absolute atomic E-state index is 11.8. The van der Waals surface area contributed by atoms with Crippen LogP contribution in [0.4, 0.5) is 0 Å². The van der Waals surface area contributed by atoms with E-state index in [-0.39, 0.29) is 12.3 Å². The lowest BCUT2D eigenvalue weighted by Gasteiger charge is -2.07. The summed E-state index contributed by atoms with van der Waals surface area (Å²) in [6.45, 7) is 1.86. The Labute approximate surface area is 121 Å². The molecule has 2 aromatic heterocycles. The van der Waals surface area contributed by atoms with Gasteiger partial charge in [-0.05, 0) is 18.6 Å². The minimum Gasteiger partial charge on any atom is -0.340 e. The average Bonchev–Trinajstić information content (AvgIpc) is 2.94. The number of rotatable bonds is 5. The number of hydrogen-bond donors (Lipinski definition) is 1. The highest BCUT2D eigenvalue weighted by molar-refractivity contribution is 7.13. The van der Waals surface area contributed by atoms with Gasteiger partial charge < -0.3 is 5.32 Å². The first-order valence-electron chi connectivity index (χ1n) is 6.26. The van der Waals surface area contributed by atoms with Gasteiger partial charge in [0.25, 0.3) is 0 Å². The predicted molar refractivity (Wildman–Crippen MR) is 76.9 cm³/mol. The standard InChI is InChI=1S/C14H14N4OS/c1-2-11(7-15)17-13(19)6-12-9-20-14(18-12)10-4-3-5-16-8-10/h3-5,8-9,11H,2,6H2,1H3,(H,17,19)/t11-/m1/s1. The molecule has 0 unspecified atom stereocenters. The second kappa shape index (κ2) is 6.78. The first-order chi connectivity index (χ1) is 9.72. The Kier molecular flexibility index (Phi) is 4.80. The van der Waals surface area contributed by atoms with Crippen LogP contribution in [0.15, 0.2) is 29.9 Å². The summed E-state index contributed by atoms with van der Waals surface area (Å²) in [7, 11) is 0. The van der Waals surface area contributed by atoms with Crippen LogP contribution in [0.1, 0.15) is 19.0 Å². The molecule has 0 saturated carbocycles. The Morgan fingerprint density at radius 2 is 2.45 bits per heavy atom. The maximum atomic E-state index is 11.8. The molecule has 5 nitrogen and oxygen atoms in total. The summed E-state index contributed by atoms with van der Waals surface area (Å²) in [5.41, 5.74) is 1.65. The molecule has 2 aromatic rings. The topological polar surface area (TPSA) is 78.7 Å². The van der Waals surface area contributed by atoms with Crippen LogP contribution in [0.2, 0.25) is 0 Å². The van der Waals surface area contributed by atoms with Gasteiger partial charge >= 0.3 is 0 Å². The molecule has 1 atom stereocenters. The van der Waals surface area contributed by atoms with Crippen LogP contribution in [0, 0.1) is 11.3 Å². The molecule has 102 valence electrons. The molecule has 1 N–H and O–H groups in total. The van der Waals surface area contributed by atoms with Crippen LogP contribution >= 0.6 is 11.3 Å². The van der Waals surface area contributed by atoms with Crippen LogP contribution in [0.3, 0.4) is 0 Å². The van der Waals surface area contributed by atoms with Crippen molar-refractivity contribution in [3.63, 3.8) is 0 Å². The van der Waals surface area contributed by atoms with E-state index in [2.05, 4.69) is 15.3 Å². The van der Waals surface area contributed by atoms with Gasteiger partial charge in [-0.15, -0.1) is 11.3 Å². The second-order valence-electron chi connectivity index (χ2n) is 4.22. The monoisotopic (exact) mass is 286 g/mol. The number of nitrogens with zero attached hydrogens (tertiary/aromatic N) is 3. The molecule has 2 heterocycles. The molecule has 0 saturated heterocycles. The summed E-state index contributed by atoms with van der Waals surface area (Å²) < 4.78 is 0. The summed E-state index contributed by atoms with van der Waals surface area (Å²) in [5, 5.41) is 14.2. The molecule has 0 fully saturated rings. The third-order valence-electron chi connectivity index (χ3n) is 2.70. The van der Waals surface area contributed by atoms with E-state index in [4.69, 9.17) is 5.26 Å². The lowest BCUT2D eigenvalue weighted by molar-refractivity contribution is -0.120. The number of aromatic nitrogens is 2. The number of amides is 1. The number of hydrogen-bond acceptors (Lipinski definition) is 5. The highest BCUT2D eigenvalue weighted by Crippen LogP contribution is 2.22. The van der Waals surface area contributed by atoms with E-state index in [0.717, 1.165) is 10.6 Å². The highest BCUT2D eigenvalue weighted by Gasteiger charge is 2.12. The summed E-state index contributed by atoms with van der Waals surface area (Å²) >= 11 is 1.48. The van der Waals surface area contributed by atoms with Crippen molar-refractivity contribution < 1.29 is 4.79 Å². The van der Waals surface area contributed by atoms with Crippen molar-refractivity contribution in [2.75, 3.05) is 0 Å². The average molecular weight is 286 g/mol. The number of carbonyl (C=O) groups is 1. The van der Waals surface area contributed by atoms with Crippen LogP contribution in [-0.4, -0.2) is 21.9 Å². The Bertz CT molecular complexity index is 618. The highest BCUT2D eigenvalue weighted by atomic mass is 32.1. The maximum Gasteiger partial charge on any atom is 0.227 e. The van der Waals surface area contributed by atoms with Crippen molar-refractivity contribution in [1.82, 2.24) is 15.3 Å². The SMILES string of the molecule is CC[C@H](C#N)NC(=O)Cc1csc(-c2cccnc2)n1. The summed E-state index contributed by atoms with van der Waals surface area (Å²) in [5.74, 6) is -0.179. The molecule has 6 heteroatoms. The van der Waals surface area contributed by atoms with E-state index in [9.17, 15) is 4.79 Å². The normalized spacial score (nSPS) is 11.6. The Morgan fingerprint density at radius 1 is 1.60 bits per heavy atom. The lowest BCUT2D eigenvalue weighted by atomic mass is 10.2. The van der Waals surface area contributed by atoms with E-state index >= 15 is 0 Å². The van der Waals surface area contributed by atoms with Gasteiger partial charge in [0, 0.05) is 23.3 Å². The Balaban J connectivity index is 2.00. The van der Waals surface area contributed by atoms with Gasteiger partial charge in [0.1, 0.15) is 11.0 Å². The largest absolute Gasteiger partial charge is 0.340 e. The molecule has 0 spiro atoms. The number of nitriles is 1. The van der Waals surface area contributed by atoms with Crippen LogP contribution in [0.5, 0.6) is 0 Å². The van der Waals surface area contributed by atoms with Crippen molar-refractivity contribution in [2.24, 2.45) is 0 Å². The van der Waals surface area contributed by atoms with Crippen molar-refractivity contribution in [3.8, 4) is 16.6 Å². The quantitative estimate of drug-likeness (QED) is 0.913. The first-order valence-corrected chi connectivity index (χ1v) is 7.14. The number of thiazole rings is 1. The Hall–Kier alpha value is -2.26. The minimum absolute atomic E-state index is 0.179. The number of nitrogens with one attached hydrogen (secondary N) is 1. The molecule has 0 aliphatic rings. The van der Waals surface area contributed by atoms with Crippen LogP contribution in [0.25, 0.3) is 10.6 Å². The fraction of sp³-hybridized carbons (Fsp3) is 0.286. The molecule has 20 heavy (non-hydrogen) atoms. The fourth-order valence-corrected chi connectivity index (χ4v) is 2.46. The van der Waals surface area contributed by atoms with Gasteiger partial charge in [0.15, 0.2) is 0 Å². The zero-order valence-corrected chi connectivity index (χ0v) is 11.9. The van der Waals surface area contributed by atoms with E-state index in [1.807, 2.05) is 30.5 Å².